The summed E-state index contributed by atoms with van der Waals surface area (Å²) in [6.45, 7) is 7.22. The molecule has 1 atom stereocenters. The van der Waals surface area contributed by atoms with E-state index < -0.39 is 0 Å². The van der Waals surface area contributed by atoms with Gasteiger partial charge in [0.05, 0.1) is 0 Å². The predicted octanol–water partition coefficient (Wildman–Crippen LogP) is 3.92. The largest absolute Gasteiger partial charge is 0.301 e. The van der Waals surface area contributed by atoms with Crippen LogP contribution >= 0.6 is 15.9 Å². The zero-order chi connectivity index (χ0) is 14.5. The molecule has 1 heterocycles. The van der Waals surface area contributed by atoms with Gasteiger partial charge >= 0.3 is 0 Å². The van der Waals surface area contributed by atoms with Gasteiger partial charge in [-0.1, -0.05) is 46.3 Å². The first-order valence-electron chi connectivity index (χ1n) is 8.14. The molecule has 0 amide bonds. The highest BCUT2D eigenvalue weighted by Crippen LogP contribution is 2.21. The van der Waals surface area contributed by atoms with Crippen LogP contribution in [0.25, 0.3) is 0 Å². The topological polar surface area (TPSA) is 6.48 Å². The number of benzene rings is 1. The molecule has 0 radical (unpaired) electrons. The van der Waals surface area contributed by atoms with E-state index in [0.29, 0.717) is 0 Å². The second-order valence-electron chi connectivity index (χ2n) is 6.32. The van der Waals surface area contributed by atoms with Gasteiger partial charge in [0.1, 0.15) is 0 Å². The summed E-state index contributed by atoms with van der Waals surface area (Å²) >= 11 is 3.66. The lowest BCUT2D eigenvalue weighted by Crippen LogP contribution is -2.47. The Labute approximate surface area is 136 Å². The predicted molar refractivity (Wildman–Crippen MR) is 92.3 cm³/mol. The second kappa shape index (κ2) is 7.57. The van der Waals surface area contributed by atoms with E-state index in [2.05, 4.69) is 62.1 Å². The molecule has 1 aliphatic heterocycles. The zero-order valence-corrected chi connectivity index (χ0v) is 14.3. The van der Waals surface area contributed by atoms with Crippen molar-refractivity contribution < 1.29 is 0 Å². The molecule has 1 aromatic rings. The van der Waals surface area contributed by atoms with Crippen LogP contribution in [0.1, 0.15) is 24.8 Å². The van der Waals surface area contributed by atoms with Crippen LogP contribution in [-0.4, -0.2) is 42.5 Å². The van der Waals surface area contributed by atoms with Crippen LogP contribution in [0.15, 0.2) is 40.9 Å². The molecule has 21 heavy (non-hydrogen) atoms. The molecule has 3 heteroatoms. The zero-order valence-electron chi connectivity index (χ0n) is 12.7. The van der Waals surface area contributed by atoms with Gasteiger partial charge in [-0.3, -0.25) is 4.90 Å². The average Bonchev–Trinajstić information content (AvgIpc) is 2.52. The van der Waals surface area contributed by atoms with Gasteiger partial charge in [-0.2, -0.15) is 0 Å². The number of rotatable bonds is 4. The van der Waals surface area contributed by atoms with E-state index in [1.54, 1.807) is 0 Å². The van der Waals surface area contributed by atoms with Crippen LogP contribution in [-0.2, 0) is 6.54 Å². The molecule has 3 rings (SSSR count). The lowest BCUT2D eigenvalue weighted by molar-refractivity contribution is 0.111. The highest BCUT2D eigenvalue weighted by atomic mass is 79.9. The molecule has 1 fully saturated rings. The van der Waals surface area contributed by atoms with Crippen LogP contribution in [0, 0.1) is 5.92 Å². The van der Waals surface area contributed by atoms with Crippen LogP contribution < -0.4 is 0 Å². The molecule has 1 aromatic carbocycles. The van der Waals surface area contributed by atoms with Crippen molar-refractivity contribution in [3.8, 4) is 0 Å². The van der Waals surface area contributed by atoms with Crippen LogP contribution in [0.4, 0.5) is 0 Å². The summed E-state index contributed by atoms with van der Waals surface area (Å²) in [4.78, 5) is 5.25. The fraction of sp³-hybridized carbons (Fsp3) is 0.556. The minimum absolute atomic E-state index is 0.893. The Hall–Kier alpha value is -0.640. The maximum Gasteiger partial charge on any atom is 0.0246 e. The van der Waals surface area contributed by atoms with Crippen molar-refractivity contribution in [1.82, 2.24) is 9.80 Å². The SMILES string of the molecule is Brc1ccccc1CN1CCN(CC2CC=CCC2)CC1. The standard InChI is InChI=1S/C18H25BrN2/c19-18-9-5-4-8-17(18)15-21-12-10-20(11-13-21)14-16-6-2-1-3-7-16/h1-2,4-5,8-9,16H,3,6-7,10-15H2. The summed E-state index contributed by atoms with van der Waals surface area (Å²) < 4.78 is 1.24. The lowest BCUT2D eigenvalue weighted by Gasteiger charge is -2.36. The molecule has 0 bridgehead atoms. The summed E-state index contributed by atoms with van der Waals surface area (Å²) in [7, 11) is 0. The molecule has 0 N–H and O–H groups in total. The highest BCUT2D eigenvalue weighted by Gasteiger charge is 2.20. The van der Waals surface area contributed by atoms with Crippen LogP contribution in [0.5, 0.6) is 0 Å². The van der Waals surface area contributed by atoms with Crippen molar-refractivity contribution >= 4 is 15.9 Å². The van der Waals surface area contributed by atoms with Gasteiger partial charge in [-0.05, 0) is 36.8 Å². The first-order valence-corrected chi connectivity index (χ1v) is 8.93. The fourth-order valence-corrected chi connectivity index (χ4v) is 3.79. The van der Waals surface area contributed by atoms with Crippen molar-refractivity contribution in [2.75, 3.05) is 32.7 Å². The Balaban J connectivity index is 1.44. The Morgan fingerprint density at radius 2 is 1.76 bits per heavy atom. The molecule has 0 aromatic heterocycles. The van der Waals surface area contributed by atoms with E-state index in [-0.39, 0.29) is 0 Å². The van der Waals surface area contributed by atoms with E-state index in [4.69, 9.17) is 0 Å². The van der Waals surface area contributed by atoms with Crippen molar-refractivity contribution in [2.24, 2.45) is 5.92 Å². The number of hydrogen-bond donors (Lipinski definition) is 0. The third-order valence-electron chi connectivity index (χ3n) is 4.71. The van der Waals surface area contributed by atoms with Gasteiger partial charge in [0, 0.05) is 43.7 Å². The number of allylic oxidation sites excluding steroid dienone is 2. The molecular formula is C18H25BrN2. The molecular weight excluding hydrogens is 324 g/mol. The monoisotopic (exact) mass is 348 g/mol. The third kappa shape index (κ3) is 4.41. The van der Waals surface area contributed by atoms with E-state index in [1.807, 2.05) is 0 Å². The summed E-state index contributed by atoms with van der Waals surface area (Å²) in [5.41, 5.74) is 1.41. The van der Waals surface area contributed by atoms with Crippen molar-refractivity contribution in [3.05, 3.63) is 46.5 Å². The lowest BCUT2D eigenvalue weighted by atomic mass is 9.94. The summed E-state index contributed by atoms with van der Waals surface area (Å²) in [5, 5.41) is 0. The molecule has 0 spiro atoms. The van der Waals surface area contributed by atoms with Gasteiger partial charge in [-0.25, -0.2) is 0 Å². The Kier molecular flexibility index (Phi) is 5.50. The normalized spacial score (nSPS) is 24.3. The molecule has 2 nitrogen and oxygen atoms in total. The molecule has 1 aliphatic carbocycles. The summed E-state index contributed by atoms with van der Waals surface area (Å²) in [6, 6.07) is 8.59. The first kappa shape index (κ1) is 15.3. The number of nitrogens with zero attached hydrogens (tertiary/aromatic N) is 2. The summed E-state index contributed by atoms with van der Waals surface area (Å²) in [6.07, 6.45) is 8.67. The van der Waals surface area contributed by atoms with Crippen LogP contribution in [0.3, 0.4) is 0 Å². The quantitative estimate of drug-likeness (QED) is 0.760. The Bertz CT molecular complexity index is 478. The van der Waals surface area contributed by atoms with Crippen molar-refractivity contribution in [1.29, 1.82) is 0 Å². The van der Waals surface area contributed by atoms with E-state index >= 15 is 0 Å². The fourth-order valence-electron chi connectivity index (χ4n) is 3.38. The van der Waals surface area contributed by atoms with E-state index in [0.717, 1.165) is 12.5 Å². The van der Waals surface area contributed by atoms with Crippen LogP contribution in [0.2, 0.25) is 0 Å². The molecule has 0 saturated carbocycles. The van der Waals surface area contributed by atoms with Crippen molar-refractivity contribution in [2.45, 2.75) is 25.8 Å². The molecule has 2 aliphatic rings. The van der Waals surface area contributed by atoms with Gasteiger partial charge < -0.3 is 4.90 Å². The number of halogens is 1. The maximum absolute atomic E-state index is 3.66. The second-order valence-corrected chi connectivity index (χ2v) is 7.17. The van der Waals surface area contributed by atoms with Gasteiger partial charge in [0.15, 0.2) is 0 Å². The van der Waals surface area contributed by atoms with Gasteiger partial charge in [0.25, 0.3) is 0 Å². The number of piperazine rings is 1. The first-order chi connectivity index (χ1) is 10.3. The average molecular weight is 349 g/mol. The van der Waals surface area contributed by atoms with E-state index in [9.17, 15) is 0 Å². The maximum atomic E-state index is 3.66. The van der Waals surface area contributed by atoms with E-state index in [1.165, 1.54) is 62.0 Å². The number of hydrogen-bond acceptors (Lipinski definition) is 2. The van der Waals surface area contributed by atoms with Crippen molar-refractivity contribution in [3.63, 3.8) is 0 Å². The molecule has 1 saturated heterocycles. The third-order valence-corrected chi connectivity index (χ3v) is 5.48. The summed E-state index contributed by atoms with van der Waals surface area (Å²) in [5.74, 6) is 0.893. The Morgan fingerprint density at radius 3 is 2.48 bits per heavy atom. The molecule has 114 valence electrons. The van der Waals surface area contributed by atoms with Gasteiger partial charge in [0.2, 0.25) is 0 Å². The van der Waals surface area contributed by atoms with Gasteiger partial charge in [-0.15, -0.1) is 0 Å². The highest BCUT2D eigenvalue weighted by molar-refractivity contribution is 9.10. The minimum atomic E-state index is 0.893. The minimum Gasteiger partial charge on any atom is -0.301 e. The Morgan fingerprint density at radius 1 is 1.00 bits per heavy atom. The molecule has 1 unspecified atom stereocenters. The smallest absolute Gasteiger partial charge is 0.0246 e.